The predicted molar refractivity (Wildman–Crippen MR) is 78.5 cm³/mol. The maximum absolute atomic E-state index is 14.0. The first-order valence-electron chi connectivity index (χ1n) is 6.87. The summed E-state index contributed by atoms with van der Waals surface area (Å²) in [7, 11) is 0. The van der Waals surface area contributed by atoms with Gasteiger partial charge in [0, 0.05) is 23.7 Å². The fourth-order valence-electron chi connectivity index (χ4n) is 2.06. The number of halogens is 3. The van der Waals surface area contributed by atoms with E-state index in [1.54, 1.807) is 6.07 Å². The Morgan fingerprint density at radius 1 is 1.00 bits per heavy atom. The van der Waals surface area contributed by atoms with E-state index in [-0.39, 0.29) is 23.0 Å². The fraction of sp³-hybridized carbons (Fsp3) is 0.294. The summed E-state index contributed by atoms with van der Waals surface area (Å²) in [4.78, 5) is 0. The van der Waals surface area contributed by atoms with E-state index < -0.39 is 11.6 Å². The summed E-state index contributed by atoms with van der Waals surface area (Å²) in [5.74, 6) is -2.12. The zero-order chi connectivity index (χ0) is 15.6. The second-order valence-corrected chi connectivity index (χ2v) is 5.40. The van der Waals surface area contributed by atoms with E-state index in [0.717, 1.165) is 0 Å². The number of benzene rings is 2. The number of hydrogen-bond donors (Lipinski definition) is 1. The molecule has 0 bridgehead atoms. The molecule has 0 saturated heterocycles. The predicted octanol–water partition coefficient (Wildman–Crippen LogP) is 4.58. The lowest BCUT2D eigenvalue weighted by Gasteiger charge is -2.12. The summed E-state index contributed by atoms with van der Waals surface area (Å²) in [6.07, 6.45) is 0. The molecule has 0 fully saturated rings. The number of hydrogen-bond acceptors (Lipinski definition) is 1. The van der Waals surface area contributed by atoms with E-state index in [0.29, 0.717) is 17.7 Å². The molecule has 0 atom stereocenters. The molecule has 2 aromatic carbocycles. The second kappa shape index (κ2) is 6.31. The van der Waals surface area contributed by atoms with Crippen LogP contribution in [0.25, 0.3) is 11.1 Å². The Morgan fingerprint density at radius 3 is 2.38 bits per heavy atom. The Balaban J connectivity index is 2.41. The van der Waals surface area contributed by atoms with Gasteiger partial charge in [0.05, 0.1) is 0 Å². The highest BCUT2D eigenvalue weighted by atomic mass is 19.2. The Labute approximate surface area is 122 Å². The molecule has 0 aliphatic rings. The fourth-order valence-corrected chi connectivity index (χ4v) is 2.06. The molecule has 2 aromatic rings. The van der Waals surface area contributed by atoms with E-state index in [9.17, 15) is 13.2 Å². The summed E-state index contributed by atoms with van der Waals surface area (Å²) in [6, 6.07) is 7.54. The van der Waals surface area contributed by atoms with Crippen LogP contribution in [0.5, 0.6) is 0 Å². The molecule has 1 N–H and O–H groups in total. The molecule has 0 heterocycles. The SMILES string of the molecule is Cc1ccc(-c2ccc(F)c(CNC(C)C)c2)c(F)c1F. The van der Waals surface area contributed by atoms with Crippen LogP contribution >= 0.6 is 0 Å². The van der Waals surface area contributed by atoms with Gasteiger partial charge in [0.1, 0.15) is 5.82 Å². The number of aryl methyl sites for hydroxylation is 1. The maximum Gasteiger partial charge on any atom is 0.166 e. The van der Waals surface area contributed by atoms with Crippen LogP contribution in [0.15, 0.2) is 30.3 Å². The van der Waals surface area contributed by atoms with Crippen molar-refractivity contribution in [2.24, 2.45) is 0 Å². The van der Waals surface area contributed by atoms with Crippen molar-refractivity contribution in [2.45, 2.75) is 33.4 Å². The van der Waals surface area contributed by atoms with Gasteiger partial charge in [-0.2, -0.15) is 0 Å². The van der Waals surface area contributed by atoms with Gasteiger partial charge in [-0.05, 0) is 30.2 Å². The third kappa shape index (κ3) is 3.45. The lowest BCUT2D eigenvalue weighted by Crippen LogP contribution is -2.22. The van der Waals surface area contributed by atoms with Crippen molar-refractivity contribution < 1.29 is 13.2 Å². The molecule has 2 rings (SSSR count). The number of rotatable bonds is 4. The minimum absolute atomic E-state index is 0.142. The lowest BCUT2D eigenvalue weighted by atomic mass is 10.0. The van der Waals surface area contributed by atoms with Crippen LogP contribution in [-0.2, 0) is 6.54 Å². The lowest BCUT2D eigenvalue weighted by molar-refractivity contribution is 0.505. The average molecular weight is 293 g/mol. The summed E-state index contributed by atoms with van der Waals surface area (Å²) >= 11 is 0. The molecule has 0 unspecified atom stereocenters. The zero-order valence-corrected chi connectivity index (χ0v) is 12.3. The Hall–Kier alpha value is -1.81. The van der Waals surface area contributed by atoms with Crippen LogP contribution in [0, 0.1) is 24.4 Å². The van der Waals surface area contributed by atoms with Gasteiger partial charge in [0.2, 0.25) is 0 Å². The first-order chi connectivity index (χ1) is 9.90. The quantitative estimate of drug-likeness (QED) is 0.870. The minimum Gasteiger partial charge on any atom is -0.310 e. The highest BCUT2D eigenvalue weighted by Gasteiger charge is 2.14. The molecule has 112 valence electrons. The van der Waals surface area contributed by atoms with E-state index in [4.69, 9.17) is 0 Å². The Morgan fingerprint density at radius 2 is 1.71 bits per heavy atom. The summed E-state index contributed by atoms with van der Waals surface area (Å²) in [5.41, 5.74) is 1.29. The van der Waals surface area contributed by atoms with Crippen LogP contribution in [0.2, 0.25) is 0 Å². The van der Waals surface area contributed by atoms with Gasteiger partial charge in [-0.3, -0.25) is 0 Å². The van der Waals surface area contributed by atoms with Gasteiger partial charge >= 0.3 is 0 Å². The van der Waals surface area contributed by atoms with Gasteiger partial charge in [0.15, 0.2) is 11.6 Å². The van der Waals surface area contributed by atoms with E-state index in [2.05, 4.69) is 5.32 Å². The van der Waals surface area contributed by atoms with Crippen LogP contribution in [0.4, 0.5) is 13.2 Å². The van der Waals surface area contributed by atoms with E-state index in [1.165, 1.54) is 31.2 Å². The van der Waals surface area contributed by atoms with Gasteiger partial charge in [-0.1, -0.05) is 32.0 Å². The third-order valence-electron chi connectivity index (χ3n) is 3.33. The van der Waals surface area contributed by atoms with Gasteiger partial charge in [0.25, 0.3) is 0 Å². The largest absolute Gasteiger partial charge is 0.310 e. The normalized spacial score (nSPS) is 11.2. The minimum atomic E-state index is -0.899. The van der Waals surface area contributed by atoms with Crippen molar-refractivity contribution in [3.05, 3.63) is 58.9 Å². The van der Waals surface area contributed by atoms with Crippen molar-refractivity contribution in [1.82, 2.24) is 5.32 Å². The summed E-state index contributed by atoms with van der Waals surface area (Å²) in [6.45, 7) is 5.76. The average Bonchev–Trinajstić information content (AvgIpc) is 2.44. The monoisotopic (exact) mass is 293 g/mol. The topological polar surface area (TPSA) is 12.0 Å². The summed E-state index contributed by atoms with van der Waals surface area (Å²) < 4.78 is 41.4. The van der Waals surface area contributed by atoms with E-state index >= 15 is 0 Å². The molecule has 4 heteroatoms. The maximum atomic E-state index is 14.0. The van der Waals surface area contributed by atoms with Gasteiger partial charge in [-0.25, -0.2) is 13.2 Å². The standard InChI is InChI=1S/C17H18F3N/c1-10(2)21-9-13-8-12(5-7-15(13)18)14-6-4-11(3)16(19)17(14)20/h4-8,10,21H,9H2,1-3H3. The molecule has 0 spiro atoms. The van der Waals surface area contributed by atoms with Crippen molar-refractivity contribution in [1.29, 1.82) is 0 Å². The van der Waals surface area contributed by atoms with Gasteiger partial charge < -0.3 is 5.32 Å². The van der Waals surface area contributed by atoms with Crippen molar-refractivity contribution in [3.8, 4) is 11.1 Å². The first-order valence-corrected chi connectivity index (χ1v) is 6.87. The molecule has 0 aromatic heterocycles. The van der Waals surface area contributed by atoms with Crippen LogP contribution in [0.3, 0.4) is 0 Å². The first kappa shape index (κ1) is 15.6. The molecule has 21 heavy (non-hydrogen) atoms. The molecule has 0 aliphatic carbocycles. The molecular weight excluding hydrogens is 275 g/mol. The zero-order valence-electron chi connectivity index (χ0n) is 12.3. The molecule has 0 amide bonds. The van der Waals surface area contributed by atoms with Crippen molar-refractivity contribution in [2.75, 3.05) is 0 Å². The van der Waals surface area contributed by atoms with Crippen molar-refractivity contribution in [3.63, 3.8) is 0 Å². The van der Waals surface area contributed by atoms with Crippen LogP contribution in [-0.4, -0.2) is 6.04 Å². The van der Waals surface area contributed by atoms with E-state index in [1.807, 2.05) is 13.8 Å². The Kier molecular flexibility index (Phi) is 4.68. The molecular formula is C17H18F3N. The Bertz CT molecular complexity index is 651. The molecule has 0 aliphatic heterocycles. The summed E-state index contributed by atoms with van der Waals surface area (Å²) in [5, 5.41) is 3.11. The molecule has 1 nitrogen and oxygen atoms in total. The highest BCUT2D eigenvalue weighted by Crippen LogP contribution is 2.27. The number of nitrogens with one attached hydrogen (secondary N) is 1. The second-order valence-electron chi connectivity index (χ2n) is 5.40. The van der Waals surface area contributed by atoms with Crippen LogP contribution < -0.4 is 5.32 Å². The smallest absolute Gasteiger partial charge is 0.166 e. The highest BCUT2D eigenvalue weighted by molar-refractivity contribution is 5.65. The molecule has 0 saturated carbocycles. The van der Waals surface area contributed by atoms with Crippen molar-refractivity contribution >= 4 is 0 Å². The van der Waals surface area contributed by atoms with Crippen LogP contribution in [0.1, 0.15) is 25.0 Å². The molecule has 0 radical (unpaired) electrons. The third-order valence-corrected chi connectivity index (χ3v) is 3.33. The van der Waals surface area contributed by atoms with Gasteiger partial charge in [-0.15, -0.1) is 0 Å².